The van der Waals surface area contributed by atoms with Crippen LogP contribution in [0.15, 0.2) is 30.6 Å². The van der Waals surface area contributed by atoms with Crippen molar-refractivity contribution in [2.24, 2.45) is 7.05 Å². The van der Waals surface area contributed by atoms with Crippen LogP contribution in [0.4, 0.5) is 19.0 Å². The summed E-state index contributed by atoms with van der Waals surface area (Å²) in [5.41, 5.74) is -1.03. The van der Waals surface area contributed by atoms with Gasteiger partial charge in [-0.1, -0.05) is 18.2 Å². The maximum absolute atomic E-state index is 13.0. The van der Waals surface area contributed by atoms with Gasteiger partial charge in [0, 0.05) is 7.05 Å². The maximum Gasteiger partial charge on any atom is 0.416 e. The predicted molar refractivity (Wildman–Crippen MR) is 82.9 cm³/mol. The molecule has 0 radical (unpaired) electrons. The van der Waals surface area contributed by atoms with Gasteiger partial charge in [-0.05, 0) is 18.6 Å². The van der Waals surface area contributed by atoms with Crippen LogP contribution in [0.5, 0.6) is 0 Å². The van der Waals surface area contributed by atoms with Gasteiger partial charge in [-0.15, -0.1) is 0 Å². The normalized spacial score (nSPS) is 11.2. The smallest absolute Gasteiger partial charge is 0.416 e. The number of aromatic nitrogens is 2. The van der Waals surface area contributed by atoms with Crippen LogP contribution in [0.1, 0.15) is 28.5 Å². The summed E-state index contributed by atoms with van der Waals surface area (Å²) in [5.74, 6) is -1.47. The van der Waals surface area contributed by atoms with E-state index >= 15 is 0 Å². The molecule has 9 heteroatoms. The number of esters is 1. The fraction of sp³-hybridized carbons (Fsp3) is 0.312. The number of halogens is 3. The molecule has 0 saturated heterocycles. The number of hydrogen-bond donors (Lipinski definition) is 1. The number of carbonyl (C=O) groups excluding carboxylic acids is 2. The Labute approximate surface area is 141 Å². The highest BCUT2D eigenvalue weighted by atomic mass is 19.4. The van der Waals surface area contributed by atoms with E-state index in [0.29, 0.717) is 0 Å². The van der Waals surface area contributed by atoms with E-state index in [1.54, 1.807) is 6.92 Å². The van der Waals surface area contributed by atoms with Crippen LogP contribution < -0.4 is 5.32 Å². The lowest BCUT2D eigenvalue weighted by molar-refractivity contribution is -0.138. The molecule has 0 unspecified atom stereocenters. The maximum atomic E-state index is 13.0. The Bertz CT molecular complexity index is 784. The highest BCUT2D eigenvalue weighted by Crippen LogP contribution is 2.32. The first-order valence-electron chi connectivity index (χ1n) is 7.37. The number of ether oxygens (including phenoxy) is 1. The van der Waals surface area contributed by atoms with Gasteiger partial charge in [-0.2, -0.15) is 13.2 Å². The average Bonchev–Trinajstić information content (AvgIpc) is 2.87. The van der Waals surface area contributed by atoms with Crippen LogP contribution >= 0.6 is 0 Å². The molecule has 134 valence electrons. The van der Waals surface area contributed by atoms with E-state index < -0.39 is 30.0 Å². The fourth-order valence-corrected chi connectivity index (χ4v) is 2.26. The van der Waals surface area contributed by atoms with E-state index in [9.17, 15) is 22.8 Å². The van der Waals surface area contributed by atoms with Crippen LogP contribution in [0.3, 0.4) is 0 Å². The van der Waals surface area contributed by atoms with Crippen molar-refractivity contribution in [1.29, 1.82) is 0 Å². The second-order valence-electron chi connectivity index (χ2n) is 5.15. The number of alkyl halides is 3. The lowest BCUT2D eigenvalue weighted by Crippen LogP contribution is -2.20. The zero-order valence-corrected chi connectivity index (χ0v) is 13.6. The quantitative estimate of drug-likeness (QED) is 0.837. The van der Waals surface area contributed by atoms with Crippen molar-refractivity contribution in [2.45, 2.75) is 19.5 Å². The van der Waals surface area contributed by atoms with Crippen molar-refractivity contribution < 1.29 is 27.5 Å². The monoisotopic (exact) mass is 355 g/mol. The molecule has 0 aliphatic heterocycles. The summed E-state index contributed by atoms with van der Waals surface area (Å²) in [5, 5.41) is 2.36. The molecule has 2 rings (SSSR count). The van der Waals surface area contributed by atoms with Crippen LogP contribution in [0.25, 0.3) is 0 Å². The van der Waals surface area contributed by atoms with Gasteiger partial charge >= 0.3 is 12.1 Å². The number of aryl methyl sites for hydroxylation is 1. The Morgan fingerprint density at radius 1 is 1.28 bits per heavy atom. The Kier molecular flexibility index (Phi) is 5.45. The number of imidazole rings is 1. The molecule has 0 aliphatic rings. The third-order valence-corrected chi connectivity index (χ3v) is 3.34. The predicted octanol–water partition coefficient (Wildman–Crippen LogP) is 2.80. The number of benzene rings is 1. The lowest BCUT2D eigenvalue weighted by atomic mass is 10.0. The second kappa shape index (κ2) is 7.37. The van der Waals surface area contributed by atoms with Gasteiger partial charge in [0.1, 0.15) is 0 Å². The summed E-state index contributed by atoms with van der Waals surface area (Å²) < 4.78 is 45.2. The van der Waals surface area contributed by atoms with Crippen molar-refractivity contribution in [3.8, 4) is 0 Å². The minimum atomic E-state index is -4.56. The third-order valence-electron chi connectivity index (χ3n) is 3.34. The first kappa shape index (κ1) is 18.5. The molecule has 0 bridgehead atoms. The molecular formula is C16H16F3N3O3. The first-order chi connectivity index (χ1) is 11.7. The number of amides is 1. The molecule has 0 saturated carbocycles. The summed E-state index contributed by atoms with van der Waals surface area (Å²) in [7, 11) is 1.54. The minimum absolute atomic E-state index is 0.0132. The molecule has 1 N–H and O–H groups in total. The van der Waals surface area contributed by atoms with Gasteiger partial charge in [0.05, 0.1) is 24.9 Å². The topological polar surface area (TPSA) is 73.2 Å². The van der Waals surface area contributed by atoms with Crippen LogP contribution in [0.2, 0.25) is 0 Å². The Morgan fingerprint density at radius 3 is 2.60 bits per heavy atom. The Balaban J connectivity index is 2.19. The number of nitrogens with one attached hydrogen (secondary N) is 1. The largest absolute Gasteiger partial charge is 0.461 e. The standard InChI is InChI=1S/C16H16F3N3O3/c1-3-25-15(24)13-14(20-9-22(13)2)21-12(23)8-10-6-4-5-7-11(10)16(17,18)19/h4-7,9H,3,8H2,1-2H3,(H,21,23). The summed E-state index contributed by atoms with van der Waals surface area (Å²) in [6, 6.07) is 4.81. The third kappa shape index (κ3) is 4.37. The number of rotatable bonds is 5. The van der Waals surface area contributed by atoms with Gasteiger partial charge in [-0.3, -0.25) is 4.79 Å². The lowest BCUT2D eigenvalue weighted by Gasteiger charge is -2.12. The summed E-state index contributed by atoms with van der Waals surface area (Å²) in [6.07, 6.45) is -3.77. The van der Waals surface area contributed by atoms with Gasteiger partial charge in [0.2, 0.25) is 5.91 Å². The summed E-state index contributed by atoms with van der Waals surface area (Å²) in [4.78, 5) is 27.9. The molecule has 2 aromatic rings. The SMILES string of the molecule is CCOC(=O)c1c(NC(=O)Cc2ccccc2C(F)(F)F)ncn1C. The second-order valence-corrected chi connectivity index (χ2v) is 5.15. The number of nitrogens with zero attached hydrogens (tertiary/aromatic N) is 2. The van der Waals surface area contributed by atoms with Crippen molar-refractivity contribution >= 4 is 17.7 Å². The van der Waals surface area contributed by atoms with Crippen molar-refractivity contribution in [1.82, 2.24) is 9.55 Å². The molecular weight excluding hydrogens is 339 g/mol. The highest BCUT2D eigenvalue weighted by molar-refractivity contribution is 5.99. The van der Waals surface area contributed by atoms with E-state index in [1.165, 1.54) is 36.1 Å². The summed E-state index contributed by atoms with van der Waals surface area (Å²) >= 11 is 0. The molecule has 0 atom stereocenters. The van der Waals surface area contributed by atoms with Gasteiger partial charge in [0.15, 0.2) is 11.5 Å². The van der Waals surface area contributed by atoms with Gasteiger partial charge in [0.25, 0.3) is 0 Å². The molecule has 1 heterocycles. The molecule has 0 spiro atoms. The Hall–Kier alpha value is -2.84. The minimum Gasteiger partial charge on any atom is -0.461 e. The van der Waals surface area contributed by atoms with Crippen LogP contribution in [-0.4, -0.2) is 28.0 Å². The average molecular weight is 355 g/mol. The molecule has 1 aromatic heterocycles. The van der Waals surface area contributed by atoms with E-state index in [1.807, 2.05) is 0 Å². The van der Waals surface area contributed by atoms with Crippen molar-refractivity contribution in [3.05, 3.63) is 47.4 Å². The van der Waals surface area contributed by atoms with Crippen molar-refractivity contribution in [3.63, 3.8) is 0 Å². The van der Waals surface area contributed by atoms with Gasteiger partial charge < -0.3 is 14.6 Å². The van der Waals surface area contributed by atoms with Gasteiger partial charge in [-0.25, -0.2) is 9.78 Å². The number of anilines is 1. The summed E-state index contributed by atoms with van der Waals surface area (Å²) in [6.45, 7) is 1.76. The van der Waals surface area contributed by atoms with Crippen LogP contribution in [0, 0.1) is 0 Å². The number of hydrogen-bond acceptors (Lipinski definition) is 4. The van der Waals surface area contributed by atoms with Crippen molar-refractivity contribution in [2.75, 3.05) is 11.9 Å². The van der Waals surface area contributed by atoms with Crippen LogP contribution in [-0.2, 0) is 29.2 Å². The number of carbonyl (C=O) groups is 2. The van der Waals surface area contributed by atoms with E-state index in [2.05, 4.69) is 10.3 Å². The van der Waals surface area contributed by atoms with E-state index in [0.717, 1.165) is 6.07 Å². The molecule has 25 heavy (non-hydrogen) atoms. The Morgan fingerprint density at radius 2 is 1.96 bits per heavy atom. The molecule has 6 nitrogen and oxygen atoms in total. The van der Waals surface area contributed by atoms with E-state index in [4.69, 9.17) is 4.74 Å². The highest BCUT2D eigenvalue weighted by Gasteiger charge is 2.33. The fourth-order valence-electron chi connectivity index (χ4n) is 2.26. The zero-order valence-electron chi connectivity index (χ0n) is 13.6. The molecule has 0 aliphatic carbocycles. The molecule has 1 amide bonds. The zero-order chi connectivity index (χ0) is 18.6. The van der Waals surface area contributed by atoms with E-state index in [-0.39, 0.29) is 23.7 Å². The molecule has 0 fully saturated rings. The first-order valence-corrected chi connectivity index (χ1v) is 7.37. The molecule has 1 aromatic carbocycles.